The van der Waals surface area contributed by atoms with E-state index in [9.17, 15) is 4.39 Å². The van der Waals surface area contributed by atoms with Crippen LogP contribution in [0.1, 0.15) is 28.3 Å². The second-order valence-electron chi connectivity index (χ2n) is 5.66. The van der Waals surface area contributed by atoms with Crippen LogP contribution in [0.25, 0.3) is 5.69 Å². The highest BCUT2D eigenvalue weighted by atomic mass is 19.1. The molecule has 2 aromatic carbocycles. The Morgan fingerprint density at radius 1 is 1.00 bits per heavy atom. The summed E-state index contributed by atoms with van der Waals surface area (Å²) in [5.74, 6) is 1.29. The van der Waals surface area contributed by atoms with Gasteiger partial charge in [0, 0.05) is 11.1 Å². The van der Waals surface area contributed by atoms with Gasteiger partial charge in [-0.2, -0.15) is 0 Å². The quantitative estimate of drug-likeness (QED) is 0.692. The van der Waals surface area contributed by atoms with Gasteiger partial charge in [-0.3, -0.25) is 9.56 Å². The van der Waals surface area contributed by atoms with E-state index in [4.69, 9.17) is 0 Å². The molecule has 0 bridgehead atoms. The number of aromatic nitrogens is 3. The van der Waals surface area contributed by atoms with Crippen LogP contribution in [0.2, 0.25) is 0 Å². The van der Waals surface area contributed by atoms with E-state index in [2.05, 4.69) is 15.2 Å². The Morgan fingerprint density at radius 3 is 2.65 bits per heavy atom. The maximum atomic E-state index is 14.3. The van der Waals surface area contributed by atoms with E-state index >= 15 is 0 Å². The smallest absolute Gasteiger partial charge is 0.159 e. The topological polar surface area (TPSA) is 43.1 Å². The summed E-state index contributed by atoms with van der Waals surface area (Å²) in [7, 11) is 0. The molecule has 0 radical (unpaired) electrons. The Kier molecular flexibility index (Phi) is 3.08. The van der Waals surface area contributed by atoms with Crippen molar-refractivity contribution in [2.45, 2.75) is 20.4 Å². The summed E-state index contributed by atoms with van der Waals surface area (Å²) < 4.78 is 16.3. The molecule has 1 aliphatic heterocycles. The number of nitrogens with zero attached hydrogens (tertiary/aromatic N) is 4. The van der Waals surface area contributed by atoms with Gasteiger partial charge in [0.15, 0.2) is 5.82 Å². The van der Waals surface area contributed by atoms with Crippen LogP contribution in [-0.2, 0) is 6.54 Å². The van der Waals surface area contributed by atoms with Gasteiger partial charge in [0.05, 0.1) is 11.4 Å². The van der Waals surface area contributed by atoms with E-state index in [1.54, 1.807) is 12.1 Å². The second kappa shape index (κ2) is 5.12. The lowest BCUT2D eigenvalue weighted by atomic mass is 9.98. The number of aryl methyl sites for hydroxylation is 2. The predicted octanol–water partition coefficient (Wildman–Crippen LogP) is 3.37. The summed E-state index contributed by atoms with van der Waals surface area (Å²) >= 11 is 0. The van der Waals surface area contributed by atoms with Crippen LogP contribution in [0.4, 0.5) is 4.39 Å². The van der Waals surface area contributed by atoms with Crippen LogP contribution in [0.15, 0.2) is 47.5 Å². The summed E-state index contributed by atoms with van der Waals surface area (Å²) in [5, 5.41) is 8.35. The van der Waals surface area contributed by atoms with E-state index < -0.39 is 0 Å². The minimum absolute atomic E-state index is 0.270. The Labute approximate surface area is 133 Å². The van der Waals surface area contributed by atoms with Gasteiger partial charge in [-0.15, -0.1) is 10.2 Å². The number of hydrogen-bond acceptors (Lipinski definition) is 3. The van der Waals surface area contributed by atoms with Crippen LogP contribution in [0, 0.1) is 19.7 Å². The molecule has 2 heterocycles. The number of rotatable bonds is 1. The highest BCUT2D eigenvalue weighted by Gasteiger charge is 2.22. The Hall–Kier alpha value is -2.82. The zero-order valence-corrected chi connectivity index (χ0v) is 12.9. The van der Waals surface area contributed by atoms with Gasteiger partial charge < -0.3 is 0 Å². The zero-order chi connectivity index (χ0) is 16.0. The molecule has 0 fully saturated rings. The first kappa shape index (κ1) is 13.8. The number of halogens is 1. The molecule has 0 saturated carbocycles. The predicted molar refractivity (Wildman–Crippen MR) is 86.6 cm³/mol. The van der Waals surface area contributed by atoms with Gasteiger partial charge >= 0.3 is 0 Å². The lowest BCUT2D eigenvalue weighted by Gasteiger charge is -2.13. The van der Waals surface area contributed by atoms with Crippen LogP contribution in [0.3, 0.4) is 0 Å². The van der Waals surface area contributed by atoms with Crippen molar-refractivity contribution >= 4 is 5.71 Å². The SMILES string of the molecule is Cc1ccc2c(c1)C(c1ccccc1F)=NCc1nnc(C)n1-2. The van der Waals surface area contributed by atoms with E-state index in [1.807, 2.05) is 42.7 Å². The molecule has 4 rings (SSSR count). The summed E-state index contributed by atoms with van der Waals surface area (Å²) in [6.07, 6.45) is 0. The third-order valence-corrected chi connectivity index (χ3v) is 4.05. The lowest BCUT2D eigenvalue weighted by Crippen LogP contribution is -2.10. The zero-order valence-electron chi connectivity index (χ0n) is 12.9. The molecule has 114 valence electrons. The average molecular weight is 306 g/mol. The average Bonchev–Trinajstić information content (AvgIpc) is 2.82. The molecule has 1 aromatic heterocycles. The van der Waals surface area contributed by atoms with Gasteiger partial charge in [0.1, 0.15) is 18.2 Å². The summed E-state index contributed by atoms with van der Waals surface area (Å²) in [6.45, 7) is 4.30. The molecule has 23 heavy (non-hydrogen) atoms. The van der Waals surface area contributed by atoms with Crippen LogP contribution >= 0.6 is 0 Å². The molecule has 1 aliphatic rings. The maximum absolute atomic E-state index is 14.3. The fourth-order valence-corrected chi connectivity index (χ4v) is 2.97. The van der Waals surface area contributed by atoms with E-state index in [-0.39, 0.29) is 5.82 Å². The van der Waals surface area contributed by atoms with Gasteiger partial charge in [-0.05, 0) is 38.1 Å². The van der Waals surface area contributed by atoms with Gasteiger partial charge in [-0.25, -0.2) is 4.39 Å². The third-order valence-electron chi connectivity index (χ3n) is 4.05. The van der Waals surface area contributed by atoms with E-state index in [1.165, 1.54) is 6.07 Å². The summed E-state index contributed by atoms with van der Waals surface area (Å²) in [4.78, 5) is 4.64. The van der Waals surface area contributed by atoms with Crippen LogP contribution < -0.4 is 0 Å². The number of hydrogen-bond donors (Lipinski definition) is 0. The van der Waals surface area contributed by atoms with Crippen LogP contribution in [-0.4, -0.2) is 20.5 Å². The third kappa shape index (κ3) is 2.16. The van der Waals surface area contributed by atoms with Crippen molar-refractivity contribution < 1.29 is 4.39 Å². The first-order valence-electron chi connectivity index (χ1n) is 7.47. The largest absolute Gasteiger partial charge is 0.281 e. The first-order valence-corrected chi connectivity index (χ1v) is 7.47. The van der Waals surface area contributed by atoms with Crippen molar-refractivity contribution in [2.24, 2.45) is 4.99 Å². The molecule has 0 spiro atoms. The van der Waals surface area contributed by atoms with Gasteiger partial charge in [0.25, 0.3) is 0 Å². The highest BCUT2D eigenvalue weighted by molar-refractivity contribution is 6.15. The van der Waals surface area contributed by atoms with Crippen molar-refractivity contribution in [2.75, 3.05) is 0 Å². The molecule has 0 atom stereocenters. The molecule has 0 N–H and O–H groups in total. The normalized spacial score (nSPS) is 13.1. The minimum Gasteiger partial charge on any atom is -0.281 e. The van der Waals surface area contributed by atoms with Crippen molar-refractivity contribution in [3.05, 3.63) is 76.6 Å². The Morgan fingerprint density at radius 2 is 1.83 bits per heavy atom. The molecule has 3 aromatic rings. The van der Waals surface area contributed by atoms with Crippen molar-refractivity contribution in [1.82, 2.24) is 14.8 Å². The minimum atomic E-state index is -0.270. The summed E-state index contributed by atoms with van der Waals surface area (Å²) in [6, 6.07) is 12.8. The molecular weight excluding hydrogens is 291 g/mol. The standard InChI is InChI=1S/C18H15FN4/c1-11-7-8-16-14(9-11)18(13-5-3-4-6-15(13)19)20-10-17-22-21-12(2)23(16)17/h3-9H,10H2,1-2H3. The molecule has 0 aliphatic carbocycles. The molecular formula is C18H15FN4. The fraction of sp³-hybridized carbons (Fsp3) is 0.167. The maximum Gasteiger partial charge on any atom is 0.159 e. The van der Waals surface area contributed by atoms with E-state index in [0.717, 1.165) is 28.5 Å². The molecule has 0 saturated heterocycles. The molecule has 4 nitrogen and oxygen atoms in total. The lowest BCUT2D eigenvalue weighted by molar-refractivity contribution is 0.625. The molecule has 0 unspecified atom stereocenters. The number of aliphatic imine (C=N–C) groups is 1. The number of fused-ring (bicyclic) bond motifs is 3. The van der Waals surface area contributed by atoms with Crippen molar-refractivity contribution in [3.8, 4) is 5.69 Å². The van der Waals surface area contributed by atoms with Crippen molar-refractivity contribution in [1.29, 1.82) is 0 Å². The molecule has 5 heteroatoms. The van der Waals surface area contributed by atoms with E-state index in [0.29, 0.717) is 17.8 Å². The first-order chi connectivity index (χ1) is 11.1. The fourth-order valence-electron chi connectivity index (χ4n) is 2.97. The van der Waals surface area contributed by atoms with Gasteiger partial charge in [-0.1, -0.05) is 23.8 Å². The van der Waals surface area contributed by atoms with Crippen LogP contribution in [0.5, 0.6) is 0 Å². The van der Waals surface area contributed by atoms with Gasteiger partial charge in [0.2, 0.25) is 0 Å². The monoisotopic (exact) mass is 306 g/mol. The molecule has 0 amide bonds. The Balaban J connectivity index is 2.03. The van der Waals surface area contributed by atoms with Crippen molar-refractivity contribution in [3.63, 3.8) is 0 Å². The highest BCUT2D eigenvalue weighted by Crippen LogP contribution is 2.27. The summed E-state index contributed by atoms with van der Waals surface area (Å²) in [5.41, 5.74) is 4.11. The Bertz CT molecular complexity index is 940. The number of benzene rings is 2. The second-order valence-corrected chi connectivity index (χ2v) is 5.66.